The first-order chi connectivity index (χ1) is 10.3. The average molecular weight is 364 g/mol. The molecule has 10 heteroatoms. The van der Waals surface area contributed by atoms with Crippen LogP contribution in [0.2, 0.25) is 0 Å². The number of pyridine rings is 1. The van der Waals surface area contributed by atoms with E-state index in [-0.39, 0.29) is 70.4 Å². The van der Waals surface area contributed by atoms with E-state index in [4.69, 9.17) is 0 Å². The quantitative estimate of drug-likeness (QED) is 0.305. The van der Waals surface area contributed by atoms with E-state index in [1.165, 1.54) is 13.0 Å². The number of carbonyl (C=O) groups excluding carboxylic acids is 1. The molecule has 0 bridgehead atoms. The number of aromatic nitrogens is 1. The van der Waals surface area contributed by atoms with Crippen molar-refractivity contribution in [1.82, 2.24) is 4.98 Å². The molecule has 7 nitrogen and oxygen atoms in total. The third-order valence-electron chi connectivity index (χ3n) is 3.40. The Morgan fingerprint density at radius 2 is 2.00 bits per heavy atom. The molecule has 0 fully saturated rings. The van der Waals surface area contributed by atoms with Gasteiger partial charge < -0.3 is 23.8 Å². The Balaban J connectivity index is 0.00000144. The van der Waals surface area contributed by atoms with Gasteiger partial charge in [0, 0.05) is 24.8 Å². The van der Waals surface area contributed by atoms with Crippen molar-refractivity contribution in [3.63, 3.8) is 0 Å². The van der Waals surface area contributed by atoms with Crippen LogP contribution < -0.4 is 78.3 Å². The van der Waals surface area contributed by atoms with Gasteiger partial charge in [-0.25, -0.2) is 0 Å². The van der Waals surface area contributed by atoms with Crippen molar-refractivity contribution < 1.29 is 82.8 Å². The number of phosphoric ester groups is 1. The molecule has 0 saturated carbocycles. The minimum atomic E-state index is -5.31. The van der Waals surface area contributed by atoms with Gasteiger partial charge in [0.05, 0.1) is 16.9 Å². The van der Waals surface area contributed by atoms with Gasteiger partial charge in [0.25, 0.3) is 0 Å². The first-order valence-corrected chi connectivity index (χ1v) is 7.83. The fourth-order valence-corrected chi connectivity index (χ4v) is 2.93. The number of nitrogens with zero attached hydrogens (tertiary/aromatic N) is 2. The van der Waals surface area contributed by atoms with E-state index >= 15 is 0 Å². The predicted octanol–water partition coefficient (Wildman–Crippen LogP) is -4.93. The van der Waals surface area contributed by atoms with Gasteiger partial charge in [0.2, 0.25) is 0 Å². The van der Waals surface area contributed by atoms with E-state index in [1.54, 1.807) is 36.5 Å². The molecule has 0 aliphatic carbocycles. The zero-order valence-corrected chi connectivity index (χ0v) is 18.7. The first-order valence-electron chi connectivity index (χ1n) is 6.37. The standard InChI is InChI=1S/C14H13N2O5P.2Na/c1-8(17)10-7-9-3-5-15-11-4-6-16(2)13(12(9)11)14(10)21-22(18,19)20;;/h3-7H,1-2H3,(H2,18,19,20);;/q;2*+1/p-2. The van der Waals surface area contributed by atoms with Gasteiger partial charge in [-0.2, -0.15) is 0 Å². The Bertz CT molecular complexity index is 881. The number of rotatable bonds is 3. The predicted molar refractivity (Wildman–Crippen MR) is 77.4 cm³/mol. The van der Waals surface area contributed by atoms with Crippen molar-refractivity contribution >= 4 is 36.1 Å². The van der Waals surface area contributed by atoms with E-state index in [0.717, 1.165) is 0 Å². The van der Waals surface area contributed by atoms with E-state index in [1.807, 2.05) is 0 Å². The van der Waals surface area contributed by atoms with Crippen LogP contribution in [-0.2, 0) is 4.57 Å². The average Bonchev–Trinajstić information content (AvgIpc) is 2.42. The number of phosphoric acid groups is 1. The van der Waals surface area contributed by atoms with Crippen LogP contribution in [0.5, 0.6) is 5.75 Å². The van der Waals surface area contributed by atoms with Gasteiger partial charge in [0.15, 0.2) is 11.5 Å². The number of Topliss-reactive ketones (excluding diaryl/α,β-unsaturated/α-hetero) is 1. The van der Waals surface area contributed by atoms with Gasteiger partial charge in [-0.05, 0) is 30.5 Å². The number of anilines is 1. The normalized spacial score (nSPS) is 12.4. The van der Waals surface area contributed by atoms with Gasteiger partial charge >= 0.3 is 59.1 Å². The van der Waals surface area contributed by atoms with E-state index in [9.17, 15) is 19.1 Å². The molecular weight excluding hydrogens is 353 g/mol. The molecule has 0 radical (unpaired) electrons. The Morgan fingerprint density at radius 3 is 2.58 bits per heavy atom. The fraction of sp³-hybridized carbons (Fsp3) is 0.143. The summed E-state index contributed by atoms with van der Waals surface area (Å²) in [6.45, 7) is 1.28. The molecule has 1 aromatic carbocycles. The maximum atomic E-state index is 11.8. The zero-order valence-electron chi connectivity index (χ0n) is 13.8. The van der Waals surface area contributed by atoms with Crippen molar-refractivity contribution in [2.75, 3.05) is 11.9 Å². The molecule has 0 unspecified atom stereocenters. The van der Waals surface area contributed by atoms with E-state index in [2.05, 4.69) is 9.51 Å². The van der Waals surface area contributed by atoms with Gasteiger partial charge in [-0.1, -0.05) is 0 Å². The summed E-state index contributed by atoms with van der Waals surface area (Å²) >= 11 is 0. The zero-order chi connectivity index (χ0) is 16.1. The van der Waals surface area contributed by atoms with Crippen molar-refractivity contribution in [3.8, 4) is 5.75 Å². The smallest absolute Gasteiger partial charge is 0.780 e. The topological polar surface area (TPSA) is 106 Å². The maximum Gasteiger partial charge on any atom is 1.00 e. The van der Waals surface area contributed by atoms with E-state index in [0.29, 0.717) is 22.2 Å². The monoisotopic (exact) mass is 364 g/mol. The summed E-state index contributed by atoms with van der Waals surface area (Å²) in [4.78, 5) is 39.8. The van der Waals surface area contributed by atoms with Crippen molar-refractivity contribution in [3.05, 3.63) is 35.8 Å². The molecule has 2 aromatic rings. The molecule has 0 N–H and O–H groups in total. The molecule has 24 heavy (non-hydrogen) atoms. The molecule has 3 rings (SSSR count). The maximum absolute atomic E-state index is 11.8. The third kappa shape index (κ3) is 4.12. The van der Waals surface area contributed by atoms with Crippen LogP contribution in [0.4, 0.5) is 5.69 Å². The second-order valence-electron chi connectivity index (χ2n) is 4.92. The summed E-state index contributed by atoms with van der Waals surface area (Å²) in [7, 11) is -3.65. The fourth-order valence-electron chi connectivity index (χ4n) is 2.52. The molecule has 0 saturated heterocycles. The Kier molecular flexibility index (Phi) is 7.27. The minimum absolute atomic E-state index is 0. The van der Waals surface area contributed by atoms with Crippen LogP contribution >= 0.6 is 7.82 Å². The number of hydrogen-bond donors (Lipinski definition) is 0. The molecule has 1 aliphatic rings. The van der Waals surface area contributed by atoms with Gasteiger partial charge in [-0.3, -0.25) is 9.78 Å². The van der Waals surface area contributed by atoms with Crippen LogP contribution in [0.1, 0.15) is 23.0 Å². The molecule has 0 amide bonds. The van der Waals surface area contributed by atoms with Crippen LogP contribution in [-0.4, -0.2) is 17.8 Å². The van der Waals surface area contributed by atoms with Gasteiger partial charge in [0.1, 0.15) is 7.82 Å². The molecule has 1 aromatic heterocycles. The van der Waals surface area contributed by atoms with Crippen LogP contribution in [0, 0.1) is 0 Å². The third-order valence-corrected chi connectivity index (χ3v) is 3.81. The molecule has 114 valence electrons. The molecule has 1 aliphatic heterocycles. The molecule has 2 heterocycles. The summed E-state index contributed by atoms with van der Waals surface area (Å²) in [6.07, 6.45) is 5.00. The van der Waals surface area contributed by atoms with Gasteiger partial charge in [-0.15, -0.1) is 0 Å². The molecular formula is C14H11N2Na2O5P. The van der Waals surface area contributed by atoms with Crippen molar-refractivity contribution in [2.24, 2.45) is 0 Å². The number of hydrogen-bond acceptors (Lipinski definition) is 7. The SMILES string of the molecule is CC(=O)c1cc2ccnc3c2c(c1OP(=O)([O-])[O-])N(C)C=C3.[Na+].[Na+]. The summed E-state index contributed by atoms with van der Waals surface area (Å²) in [5.74, 6) is -0.655. The summed E-state index contributed by atoms with van der Waals surface area (Å²) in [6, 6.07) is 3.21. The summed E-state index contributed by atoms with van der Waals surface area (Å²) in [5, 5.41) is 1.33. The molecule has 0 spiro atoms. The first kappa shape index (κ1) is 21.8. The van der Waals surface area contributed by atoms with Crippen LogP contribution in [0.25, 0.3) is 16.8 Å². The van der Waals surface area contributed by atoms with E-state index < -0.39 is 13.6 Å². The summed E-state index contributed by atoms with van der Waals surface area (Å²) < 4.78 is 15.7. The van der Waals surface area contributed by atoms with Crippen molar-refractivity contribution in [2.45, 2.75) is 6.92 Å². The minimum Gasteiger partial charge on any atom is -0.780 e. The summed E-state index contributed by atoms with van der Waals surface area (Å²) in [5.41, 5.74) is 0.978. The number of benzene rings is 1. The second-order valence-corrected chi connectivity index (χ2v) is 5.99. The van der Waals surface area contributed by atoms with Crippen molar-refractivity contribution in [1.29, 1.82) is 0 Å². The van der Waals surface area contributed by atoms with Crippen LogP contribution in [0.15, 0.2) is 24.5 Å². The second kappa shape index (κ2) is 7.99. The largest absolute Gasteiger partial charge is 1.00 e. The molecule has 0 atom stereocenters. The number of carbonyl (C=O) groups is 1. The van der Waals surface area contributed by atoms with Crippen LogP contribution in [0.3, 0.4) is 0 Å². The Hall–Kier alpha value is -0.210. The Labute approximate surface area is 182 Å². The Morgan fingerprint density at radius 1 is 1.33 bits per heavy atom. The number of ketones is 1.